The molecular formula is C13H19Br2NO3S. The average Bonchev–Trinajstić information content (AvgIpc) is 2.38. The molecule has 0 aliphatic carbocycles. The van der Waals surface area contributed by atoms with Gasteiger partial charge in [0, 0.05) is 21.5 Å². The Morgan fingerprint density at radius 3 is 2.30 bits per heavy atom. The first-order valence-electron chi connectivity index (χ1n) is 6.46. The van der Waals surface area contributed by atoms with Gasteiger partial charge in [-0.3, -0.25) is 0 Å². The highest BCUT2D eigenvalue weighted by Gasteiger charge is 2.30. The second-order valence-electron chi connectivity index (χ2n) is 4.38. The fourth-order valence-electron chi connectivity index (χ4n) is 2.10. The Hall–Kier alpha value is 0.0500. The van der Waals surface area contributed by atoms with Crippen LogP contribution in [0.1, 0.15) is 26.7 Å². The maximum atomic E-state index is 12.8. The summed E-state index contributed by atoms with van der Waals surface area (Å²) in [5.74, 6) is 0. The zero-order chi connectivity index (χ0) is 15.3. The van der Waals surface area contributed by atoms with Gasteiger partial charge in [-0.25, -0.2) is 8.42 Å². The van der Waals surface area contributed by atoms with E-state index in [2.05, 4.69) is 31.9 Å². The molecule has 4 nitrogen and oxygen atoms in total. The van der Waals surface area contributed by atoms with Gasteiger partial charge in [-0.2, -0.15) is 4.31 Å². The number of benzene rings is 1. The topological polar surface area (TPSA) is 57.6 Å². The number of sulfonamides is 1. The van der Waals surface area contributed by atoms with Gasteiger partial charge in [0.2, 0.25) is 10.0 Å². The summed E-state index contributed by atoms with van der Waals surface area (Å²) in [6, 6.07) is 4.86. The highest BCUT2D eigenvalue weighted by molar-refractivity contribution is 9.11. The van der Waals surface area contributed by atoms with E-state index < -0.39 is 10.0 Å². The SMILES string of the molecule is CCC(CC)N(CCO)S(=O)(=O)c1ccc(Br)cc1Br. The fourth-order valence-corrected chi connectivity index (χ4v) is 5.58. The second kappa shape index (κ2) is 7.89. The van der Waals surface area contributed by atoms with Crippen LogP contribution < -0.4 is 0 Å². The lowest BCUT2D eigenvalue weighted by molar-refractivity contribution is 0.219. The lowest BCUT2D eigenvalue weighted by atomic mass is 10.2. The molecule has 0 unspecified atom stereocenters. The molecule has 0 saturated heterocycles. The number of halogens is 2. The molecule has 20 heavy (non-hydrogen) atoms. The van der Waals surface area contributed by atoms with Crippen molar-refractivity contribution < 1.29 is 13.5 Å². The van der Waals surface area contributed by atoms with Crippen LogP contribution in [0.2, 0.25) is 0 Å². The van der Waals surface area contributed by atoms with E-state index in [1.165, 1.54) is 4.31 Å². The van der Waals surface area contributed by atoms with Gasteiger partial charge in [0.05, 0.1) is 11.5 Å². The summed E-state index contributed by atoms with van der Waals surface area (Å²) in [6.07, 6.45) is 1.42. The maximum Gasteiger partial charge on any atom is 0.244 e. The maximum absolute atomic E-state index is 12.8. The molecule has 0 saturated carbocycles. The Morgan fingerprint density at radius 1 is 1.25 bits per heavy atom. The third kappa shape index (κ3) is 4.04. The summed E-state index contributed by atoms with van der Waals surface area (Å²) in [4.78, 5) is 0.223. The minimum absolute atomic E-state index is 0.108. The van der Waals surface area contributed by atoms with Gasteiger partial charge in [0.25, 0.3) is 0 Å². The Bertz CT molecular complexity index is 545. The van der Waals surface area contributed by atoms with E-state index in [1.54, 1.807) is 18.2 Å². The molecule has 0 aromatic heterocycles. The first kappa shape index (κ1) is 18.1. The molecular weight excluding hydrogens is 410 g/mol. The van der Waals surface area contributed by atoms with Crippen LogP contribution in [0.25, 0.3) is 0 Å². The standard InChI is InChI=1S/C13H19Br2NO3S/c1-3-11(4-2)16(7-8-17)20(18,19)13-6-5-10(14)9-12(13)15/h5-6,9,11,17H,3-4,7-8H2,1-2H3. The molecule has 0 radical (unpaired) electrons. The number of hydrogen-bond acceptors (Lipinski definition) is 3. The van der Waals surface area contributed by atoms with Gasteiger partial charge >= 0.3 is 0 Å². The van der Waals surface area contributed by atoms with Crippen LogP contribution in [0.5, 0.6) is 0 Å². The number of hydrogen-bond donors (Lipinski definition) is 1. The van der Waals surface area contributed by atoms with E-state index in [0.29, 0.717) is 17.3 Å². The summed E-state index contributed by atoms with van der Waals surface area (Å²) in [5.41, 5.74) is 0. The minimum Gasteiger partial charge on any atom is -0.395 e. The number of rotatable bonds is 7. The molecule has 0 atom stereocenters. The van der Waals surface area contributed by atoms with Crippen LogP contribution >= 0.6 is 31.9 Å². The number of aliphatic hydroxyl groups excluding tert-OH is 1. The van der Waals surface area contributed by atoms with Crippen LogP contribution in [-0.4, -0.2) is 37.0 Å². The molecule has 1 N–H and O–H groups in total. The summed E-state index contributed by atoms with van der Waals surface area (Å²) in [5, 5.41) is 9.17. The fraction of sp³-hybridized carbons (Fsp3) is 0.538. The predicted octanol–water partition coefficient (Wildman–Crippen LogP) is 3.38. The van der Waals surface area contributed by atoms with Crippen LogP contribution in [-0.2, 0) is 10.0 Å². The van der Waals surface area contributed by atoms with Gasteiger partial charge in [-0.1, -0.05) is 29.8 Å². The van der Waals surface area contributed by atoms with E-state index in [1.807, 2.05) is 13.8 Å². The average molecular weight is 429 g/mol. The van der Waals surface area contributed by atoms with Crippen molar-refractivity contribution >= 4 is 41.9 Å². The first-order chi connectivity index (χ1) is 9.38. The first-order valence-corrected chi connectivity index (χ1v) is 9.48. The van der Waals surface area contributed by atoms with Crippen molar-refractivity contribution in [2.45, 2.75) is 37.6 Å². The zero-order valence-corrected chi connectivity index (χ0v) is 15.5. The van der Waals surface area contributed by atoms with Crippen molar-refractivity contribution in [1.29, 1.82) is 0 Å². The smallest absolute Gasteiger partial charge is 0.244 e. The lowest BCUT2D eigenvalue weighted by Gasteiger charge is -2.29. The summed E-state index contributed by atoms with van der Waals surface area (Å²) in [6.45, 7) is 3.82. The zero-order valence-electron chi connectivity index (χ0n) is 11.5. The van der Waals surface area contributed by atoms with E-state index in [0.717, 1.165) is 4.47 Å². The Kier molecular flexibility index (Phi) is 7.14. The minimum atomic E-state index is -3.63. The van der Waals surface area contributed by atoms with Crippen LogP contribution in [0.4, 0.5) is 0 Å². The van der Waals surface area contributed by atoms with Crippen LogP contribution in [0.15, 0.2) is 32.0 Å². The van der Waals surface area contributed by atoms with Crippen LogP contribution in [0.3, 0.4) is 0 Å². The second-order valence-corrected chi connectivity index (χ2v) is 8.01. The van der Waals surface area contributed by atoms with Crippen molar-refractivity contribution in [3.63, 3.8) is 0 Å². The molecule has 1 aromatic rings. The molecule has 7 heteroatoms. The van der Waals surface area contributed by atoms with Crippen molar-refractivity contribution in [3.8, 4) is 0 Å². The van der Waals surface area contributed by atoms with Gasteiger partial charge < -0.3 is 5.11 Å². The molecule has 0 bridgehead atoms. The summed E-state index contributed by atoms with van der Waals surface area (Å²) in [7, 11) is -3.63. The van der Waals surface area contributed by atoms with E-state index in [9.17, 15) is 13.5 Å². The Morgan fingerprint density at radius 2 is 1.85 bits per heavy atom. The molecule has 0 aliphatic rings. The van der Waals surface area contributed by atoms with E-state index >= 15 is 0 Å². The van der Waals surface area contributed by atoms with Gasteiger partial charge in [-0.05, 0) is 47.0 Å². The Labute approximate surface area is 137 Å². The van der Waals surface area contributed by atoms with Gasteiger partial charge in [0.1, 0.15) is 0 Å². The van der Waals surface area contributed by atoms with Crippen LogP contribution in [0, 0.1) is 0 Å². The highest BCUT2D eigenvalue weighted by Crippen LogP contribution is 2.29. The molecule has 0 spiro atoms. The van der Waals surface area contributed by atoms with Crippen molar-refractivity contribution in [1.82, 2.24) is 4.31 Å². The van der Waals surface area contributed by atoms with E-state index in [4.69, 9.17) is 0 Å². The molecule has 0 aliphatic heterocycles. The summed E-state index contributed by atoms with van der Waals surface area (Å²) >= 11 is 6.61. The van der Waals surface area contributed by atoms with Crippen molar-refractivity contribution in [3.05, 3.63) is 27.1 Å². The molecule has 0 heterocycles. The van der Waals surface area contributed by atoms with E-state index in [-0.39, 0.29) is 24.1 Å². The molecule has 0 amide bonds. The third-order valence-electron chi connectivity index (χ3n) is 3.15. The third-order valence-corrected chi connectivity index (χ3v) is 6.57. The Balaban J connectivity index is 3.28. The molecule has 1 aromatic carbocycles. The van der Waals surface area contributed by atoms with Gasteiger partial charge in [0.15, 0.2) is 0 Å². The largest absolute Gasteiger partial charge is 0.395 e. The monoisotopic (exact) mass is 427 g/mol. The molecule has 1 rings (SSSR count). The normalized spacial score (nSPS) is 12.3. The summed E-state index contributed by atoms with van der Waals surface area (Å²) < 4.78 is 28.3. The van der Waals surface area contributed by atoms with Gasteiger partial charge in [-0.15, -0.1) is 0 Å². The predicted molar refractivity (Wildman–Crippen MR) is 87.2 cm³/mol. The number of aliphatic hydroxyl groups is 1. The van der Waals surface area contributed by atoms with Crippen molar-refractivity contribution in [2.75, 3.05) is 13.2 Å². The lowest BCUT2D eigenvalue weighted by Crippen LogP contribution is -2.41. The molecule has 0 fully saturated rings. The van der Waals surface area contributed by atoms with Crippen molar-refractivity contribution in [2.24, 2.45) is 0 Å². The molecule has 114 valence electrons. The quantitative estimate of drug-likeness (QED) is 0.724. The number of nitrogens with zero attached hydrogens (tertiary/aromatic N) is 1. The highest BCUT2D eigenvalue weighted by atomic mass is 79.9.